The summed E-state index contributed by atoms with van der Waals surface area (Å²) < 4.78 is 5.85. The van der Waals surface area contributed by atoms with Crippen molar-refractivity contribution in [2.45, 2.75) is 38.2 Å². The molecule has 2 rings (SSSR count). The first-order valence-corrected chi connectivity index (χ1v) is 5.85. The predicted molar refractivity (Wildman–Crippen MR) is 63.4 cm³/mol. The van der Waals surface area contributed by atoms with Crippen LogP contribution in [0.5, 0.6) is 5.75 Å². The van der Waals surface area contributed by atoms with E-state index in [-0.39, 0.29) is 0 Å². The molecule has 0 unspecified atom stereocenters. The lowest BCUT2D eigenvalue weighted by Gasteiger charge is -2.23. The zero-order valence-electron chi connectivity index (χ0n) is 8.71. The minimum Gasteiger partial charge on any atom is -0.489 e. The number of nitrogen functional groups attached to an aromatic ring is 1. The van der Waals surface area contributed by atoms with Crippen LogP contribution in [0.1, 0.15) is 32.1 Å². The Morgan fingerprint density at radius 1 is 1.20 bits per heavy atom. The standard InChI is InChI=1S/C12H16ClNO/c13-11-7-6-9(14)8-12(11)15-10-4-2-1-3-5-10/h6-8,10H,1-5,14H2. The van der Waals surface area contributed by atoms with E-state index >= 15 is 0 Å². The topological polar surface area (TPSA) is 35.2 Å². The van der Waals surface area contributed by atoms with Gasteiger partial charge in [-0.15, -0.1) is 0 Å². The number of hydrogen-bond acceptors (Lipinski definition) is 2. The summed E-state index contributed by atoms with van der Waals surface area (Å²) >= 11 is 6.03. The number of benzene rings is 1. The molecular formula is C12H16ClNO. The second-order valence-corrected chi connectivity index (χ2v) is 4.47. The van der Waals surface area contributed by atoms with Crippen LogP contribution < -0.4 is 10.5 Å². The maximum Gasteiger partial charge on any atom is 0.140 e. The summed E-state index contributed by atoms with van der Waals surface area (Å²) in [6.07, 6.45) is 6.41. The van der Waals surface area contributed by atoms with Gasteiger partial charge < -0.3 is 10.5 Å². The number of hydrogen-bond donors (Lipinski definition) is 1. The molecule has 15 heavy (non-hydrogen) atoms. The van der Waals surface area contributed by atoms with Crippen molar-refractivity contribution < 1.29 is 4.74 Å². The summed E-state index contributed by atoms with van der Waals surface area (Å²) in [7, 11) is 0. The Balaban J connectivity index is 2.05. The third kappa shape index (κ3) is 2.78. The van der Waals surface area contributed by atoms with Crippen molar-refractivity contribution in [1.82, 2.24) is 0 Å². The van der Waals surface area contributed by atoms with Gasteiger partial charge in [0.1, 0.15) is 5.75 Å². The van der Waals surface area contributed by atoms with Crippen LogP contribution in [0, 0.1) is 0 Å². The molecule has 2 nitrogen and oxygen atoms in total. The summed E-state index contributed by atoms with van der Waals surface area (Å²) in [6.45, 7) is 0. The van der Waals surface area contributed by atoms with Crippen molar-refractivity contribution in [2.24, 2.45) is 0 Å². The number of anilines is 1. The first kappa shape index (κ1) is 10.6. The molecule has 0 saturated heterocycles. The van der Waals surface area contributed by atoms with Gasteiger partial charge in [-0.25, -0.2) is 0 Å². The normalized spacial score (nSPS) is 17.7. The maximum absolute atomic E-state index is 6.03. The van der Waals surface area contributed by atoms with Gasteiger partial charge in [0.15, 0.2) is 0 Å². The van der Waals surface area contributed by atoms with E-state index in [0.717, 1.165) is 18.6 Å². The molecule has 1 saturated carbocycles. The second-order valence-electron chi connectivity index (χ2n) is 4.07. The van der Waals surface area contributed by atoms with Crippen LogP contribution in [-0.4, -0.2) is 6.10 Å². The number of ether oxygens (including phenoxy) is 1. The van der Waals surface area contributed by atoms with Crippen molar-refractivity contribution in [3.05, 3.63) is 23.2 Å². The van der Waals surface area contributed by atoms with Gasteiger partial charge in [0.05, 0.1) is 11.1 Å². The van der Waals surface area contributed by atoms with E-state index < -0.39 is 0 Å². The fourth-order valence-corrected chi connectivity index (χ4v) is 2.13. The van der Waals surface area contributed by atoms with Crippen LogP contribution in [0.3, 0.4) is 0 Å². The number of nitrogens with two attached hydrogens (primary N) is 1. The zero-order valence-corrected chi connectivity index (χ0v) is 9.46. The summed E-state index contributed by atoms with van der Waals surface area (Å²) in [5, 5.41) is 0.648. The van der Waals surface area contributed by atoms with E-state index in [4.69, 9.17) is 22.1 Å². The van der Waals surface area contributed by atoms with Crippen LogP contribution >= 0.6 is 11.6 Å². The Kier molecular flexibility index (Phi) is 3.37. The van der Waals surface area contributed by atoms with Crippen molar-refractivity contribution in [2.75, 3.05) is 5.73 Å². The SMILES string of the molecule is Nc1ccc(Cl)c(OC2CCCCC2)c1. The molecule has 1 aliphatic carbocycles. The van der Waals surface area contributed by atoms with Gasteiger partial charge in [-0.05, 0) is 37.8 Å². The highest BCUT2D eigenvalue weighted by molar-refractivity contribution is 6.32. The molecule has 3 heteroatoms. The maximum atomic E-state index is 6.03. The van der Waals surface area contributed by atoms with Crippen LogP contribution in [0.15, 0.2) is 18.2 Å². The molecule has 1 aromatic rings. The molecular weight excluding hydrogens is 210 g/mol. The molecule has 0 atom stereocenters. The lowest BCUT2D eigenvalue weighted by molar-refractivity contribution is 0.155. The Morgan fingerprint density at radius 3 is 2.67 bits per heavy atom. The summed E-state index contributed by atoms with van der Waals surface area (Å²) in [4.78, 5) is 0. The van der Waals surface area contributed by atoms with Gasteiger partial charge in [-0.2, -0.15) is 0 Å². The van der Waals surface area contributed by atoms with E-state index in [1.54, 1.807) is 18.2 Å². The van der Waals surface area contributed by atoms with Crippen LogP contribution in [0.4, 0.5) is 5.69 Å². The lowest BCUT2D eigenvalue weighted by Crippen LogP contribution is -2.19. The van der Waals surface area contributed by atoms with Gasteiger partial charge in [0, 0.05) is 11.8 Å². The van der Waals surface area contributed by atoms with Crippen molar-refractivity contribution in [3.63, 3.8) is 0 Å². The van der Waals surface area contributed by atoms with Gasteiger partial charge in [-0.1, -0.05) is 18.0 Å². The fourth-order valence-electron chi connectivity index (χ4n) is 1.97. The first-order valence-electron chi connectivity index (χ1n) is 5.47. The minimum absolute atomic E-state index is 0.318. The molecule has 1 aliphatic rings. The van der Waals surface area contributed by atoms with Gasteiger partial charge >= 0.3 is 0 Å². The van der Waals surface area contributed by atoms with Crippen molar-refractivity contribution in [3.8, 4) is 5.75 Å². The molecule has 82 valence electrons. The van der Waals surface area contributed by atoms with E-state index in [9.17, 15) is 0 Å². The summed E-state index contributed by atoms with van der Waals surface area (Å²) in [6, 6.07) is 5.38. The van der Waals surface area contributed by atoms with Crippen LogP contribution in [-0.2, 0) is 0 Å². The molecule has 0 aliphatic heterocycles. The quantitative estimate of drug-likeness (QED) is 0.780. The van der Waals surface area contributed by atoms with E-state index in [1.807, 2.05) is 0 Å². The summed E-state index contributed by atoms with van der Waals surface area (Å²) in [5.74, 6) is 0.726. The fraction of sp³-hybridized carbons (Fsp3) is 0.500. The molecule has 0 radical (unpaired) electrons. The highest BCUT2D eigenvalue weighted by Crippen LogP contribution is 2.30. The van der Waals surface area contributed by atoms with Crippen LogP contribution in [0.25, 0.3) is 0 Å². The highest BCUT2D eigenvalue weighted by Gasteiger charge is 2.16. The Morgan fingerprint density at radius 2 is 1.93 bits per heavy atom. The molecule has 1 aromatic carbocycles. The lowest BCUT2D eigenvalue weighted by atomic mass is 9.98. The molecule has 0 heterocycles. The minimum atomic E-state index is 0.318. The molecule has 0 spiro atoms. The van der Waals surface area contributed by atoms with Gasteiger partial charge in [0.25, 0.3) is 0 Å². The van der Waals surface area contributed by atoms with Crippen LogP contribution in [0.2, 0.25) is 5.02 Å². The molecule has 0 bridgehead atoms. The Hall–Kier alpha value is -0.890. The zero-order chi connectivity index (χ0) is 10.7. The highest BCUT2D eigenvalue weighted by atomic mass is 35.5. The van der Waals surface area contributed by atoms with Gasteiger partial charge in [-0.3, -0.25) is 0 Å². The Bertz CT molecular complexity index is 334. The smallest absolute Gasteiger partial charge is 0.140 e. The third-order valence-corrected chi connectivity index (χ3v) is 3.11. The number of rotatable bonds is 2. The molecule has 0 amide bonds. The summed E-state index contributed by atoms with van der Waals surface area (Å²) in [5.41, 5.74) is 6.39. The van der Waals surface area contributed by atoms with Crippen molar-refractivity contribution in [1.29, 1.82) is 0 Å². The van der Waals surface area contributed by atoms with Gasteiger partial charge in [0.2, 0.25) is 0 Å². The monoisotopic (exact) mass is 225 g/mol. The largest absolute Gasteiger partial charge is 0.489 e. The average molecular weight is 226 g/mol. The Labute approximate surface area is 95.4 Å². The first-order chi connectivity index (χ1) is 7.25. The number of halogens is 1. The van der Waals surface area contributed by atoms with Crippen molar-refractivity contribution >= 4 is 17.3 Å². The van der Waals surface area contributed by atoms with E-state index in [0.29, 0.717) is 16.8 Å². The van der Waals surface area contributed by atoms with E-state index in [2.05, 4.69) is 0 Å². The third-order valence-electron chi connectivity index (χ3n) is 2.80. The second kappa shape index (κ2) is 4.75. The molecule has 1 fully saturated rings. The predicted octanol–water partition coefficient (Wildman–Crippen LogP) is 3.63. The molecule has 0 aromatic heterocycles. The average Bonchev–Trinajstić information content (AvgIpc) is 2.25. The van der Waals surface area contributed by atoms with E-state index in [1.165, 1.54) is 19.3 Å². The molecule has 2 N–H and O–H groups in total.